The van der Waals surface area contributed by atoms with Crippen LogP contribution in [-0.2, 0) is 124 Å². The largest absolute Gasteiger partial charge is 0.465 e. The van der Waals surface area contributed by atoms with Crippen molar-refractivity contribution in [2.75, 3.05) is 26.9 Å². The van der Waals surface area contributed by atoms with Crippen LogP contribution in [0.15, 0.2) is 60.7 Å². The summed E-state index contributed by atoms with van der Waals surface area (Å²) in [5, 5.41) is 13.8. The van der Waals surface area contributed by atoms with E-state index in [1.807, 2.05) is 0 Å². The van der Waals surface area contributed by atoms with Crippen LogP contribution in [0.4, 0.5) is 0 Å². The monoisotopic (exact) mass is 1330 g/mol. The summed E-state index contributed by atoms with van der Waals surface area (Å²) in [6.07, 6.45) is -28.6. The van der Waals surface area contributed by atoms with E-state index in [0.29, 0.717) is 0 Å². The topological polar surface area (TPSA) is 400 Å². The number of hydrogen-bond donors (Lipinski definition) is 3. The van der Waals surface area contributed by atoms with Crippen LogP contribution < -0.4 is 10.6 Å². The van der Waals surface area contributed by atoms with Gasteiger partial charge in [0, 0.05) is 62.3 Å². The van der Waals surface area contributed by atoms with Gasteiger partial charge in [-0.1, -0.05) is 71.2 Å². The first-order chi connectivity index (χ1) is 42.2. The number of carbonyl (C=O) groups is 12. The summed E-state index contributed by atoms with van der Waals surface area (Å²) >= 11 is 18.5. The van der Waals surface area contributed by atoms with E-state index in [1.165, 1.54) is 54.6 Å². The summed E-state index contributed by atoms with van der Waals surface area (Å²) in [5.41, 5.74) is -0.287. The van der Waals surface area contributed by atoms with Gasteiger partial charge in [-0.2, -0.15) is 0 Å². The van der Waals surface area contributed by atoms with Crippen LogP contribution in [0.5, 0.6) is 0 Å². The molecule has 3 fully saturated rings. The number of rotatable bonds is 24. The predicted octanol–water partition coefficient (Wildman–Crippen LogP) is 2.11. The number of halogens is 3. The number of carbonyl (C=O) groups excluding carboxylic acids is 12. The number of esters is 10. The average molecular weight is 1340 g/mol. The predicted molar refractivity (Wildman–Crippen MR) is 299 cm³/mol. The fraction of sp³-hybridized carbons (Fsp3) is 0.554. The van der Waals surface area contributed by atoms with E-state index in [2.05, 4.69) is 10.6 Å². The van der Waals surface area contributed by atoms with Gasteiger partial charge in [0.1, 0.15) is 62.5 Å². The highest BCUT2D eigenvalue weighted by molar-refractivity contribution is 6.76. The molecule has 0 saturated carbocycles. The quantitative estimate of drug-likeness (QED) is 0.0445. The van der Waals surface area contributed by atoms with Crippen molar-refractivity contribution in [3.8, 4) is 0 Å². The van der Waals surface area contributed by atoms with E-state index in [9.17, 15) is 52.7 Å². The number of amides is 2. The Morgan fingerprint density at radius 3 is 1.59 bits per heavy atom. The molecule has 5 rings (SSSR count). The van der Waals surface area contributed by atoms with Crippen molar-refractivity contribution in [1.82, 2.24) is 10.6 Å². The molecule has 0 radical (unpaired) electrons. The Bertz CT molecular complexity index is 2950. The van der Waals surface area contributed by atoms with Crippen molar-refractivity contribution in [3.05, 3.63) is 71.8 Å². The van der Waals surface area contributed by atoms with E-state index in [0.717, 1.165) is 69.4 Å². The highest BCUT2D eigenvalue weighted by atomic mass is 35.6. The molecule has 3 N–H and O–H groups in total. The zero-order valence-corrected chi connectivity index (χ0v) is 52.1. The second kappa shape index (κ2) is 32.8. The highest BCUT2D eigenvalue weighted by Crippen LogP contribution is 2.43. The molecule has 0 bridgehead atoms. The van der Waals surface area contributed by atoms with Gasteiger partial charge < -0.3 is 86.4 Å². The Kier molecular flexibility index (Phi) is 26.6. The molecule has 0 aromatic heterocycles. The van der Waals surface area contributed by atoms with Gasteiger partial charge in [-0.05, 0) is 24.3 Å². The Labute approximate surface area is 528 Å². The summed E-state index contributed by atoms with van der Waals surface area (Å²) in [6.45, 7) is 5.78. The molecule has 0 spiro atoms. The van der Waals surface area contributed by atoms with Crippen LogP contribution in [0.2, 0.25) is 0 Å². The van der Waals surface area contributed by atoms with E-state index in [-0.39, 0.29) is 11.1 Å². The maximum Gasteiger partial charge on any atom is 0.366 e. The molecule has 2 aromatic rings. The zero-order chi connectivity index (χ0) is 66.9. The Morgan fingerprint density at radius 1 is 0.567 bits per heavy atom. The van der Waals surface area contributed by atoms with E-state index >= 15 is 4.79 Å². The lowest BCUT2D eigenvalue weighted by Crippen LogP contribution is -2.73. The third-order valence-electron chi connectivity index (χ3n) is 12.9. The van der Waals surface area contributed by atoms with Crippen LogP contribution in [0.3, 0.4) is 0 Å². The first kappa shape index (κ1) is 73.0. The van der Waals surface area contributed by atoms with Gasteiger partial charge in [-0.3, -0.25) is 48.6 Å². The second-order valence-electron chi connectivity index (χ2n) is 20.0. The molecule has 3 aliphatic heterocycles. The SMILES string of the molecule is COC(=O)[C@@]1(O[C@H]2[C@@H](O[C@@H]3O[C@H](COC(C)=O)[C@H](OC(C)=O)[C@H](OC(C)=O)[C@H]3NC(C)=O)[C@@H](COC(=O)c3ccccc3)OC(OC(=N)C(Cl)(Cl)Cl)[C@@H]2OC(=O)c2ccccc2)C[C@H](OC(C)=O)[C@@H](NC(C)=O)[C@H]([C@H](OC(C)=O)[C@@H](COC(C)=O)OC(C)=O)O1. The van der Waals surface area contributed by atoms with Gasteiger partial charge in [0.25, 0.3) is 9.58 Å². The highest BCUT2D eigenvalue weighted by Gasteiger charge is 2.65. The average Bonchev–Trinajstić information content (AvgIpc) is 0.748. The van der Waals surface area contributed by atoms with Crippen LogP contribution >= 0.6 is 34.8 Å². The van der Waals surface area contributed by atoms with E-state index in [4.69, 9.17) is 116 Å². The van der Waals surface area contributed by atoms with Crippen molar-refractivity contribution >= 4 is 112 Å². The molecule has 3 heterocycles. The maximum atomic E-state index is 15.2. The number of alkyl halides is 3. The fourth-order valence-electron chi connectivity index (χ4n) is 9.60. The van der Waals surface area contributed by atoms with Crippen molar-refractivity contribution in [2.24, 2.45) is 0 Å². The normalized spacial score (nSPS) is 27.0. The van der Waals surface area contributed by atoms with Crippen molar-refractivity contribution in [1.29, 1.82) is 5.41 Å². The Balaban J connectivity index is 1.96. The molecule has 2 amide bonds. The number of nitrogens with one attached hydrogen (secondary N) is 3. The zero-order valence-electron chi connectivity index (χ0n) is 49.8. The van der Waals surface area contributed by atoms with Gasteiger partial charge in [-0.15, -0.1) is 0 Å². The van der Waals surface area contributed by atoms with Crippen LogP contribution in [-0.4, -0.2) is 206 Å². The first-order valence-electron chi connectivity index (χ1n) is 27.1. The van der Waals surface area contributed by atoms with Gasteiger partial charge >= 0.3 is 59.7 Å². The molecular weight excluding hydrogens is 1270 g/mol. The lowest BCUT2D eigenvalue weighted by molar-refractivity contribution is -0.383. The minimum absolute atomic E-state index is 0.0611. The van der Waals surface area contributed by atoms with E-state index < -0.39 is 205 Å². The second-order valence-corrected chi connectivity index (χ2v) is 22.3. The summed E-state index contributed by atoms with van der Waals surface area (Å²) in [4.78, 5) is 160. The third kappa shape index (κ3) is 20.6. The smallest absolute Gasteiger partial charge is 0.366 e. The fourth-order valence-corrected chi connectivity index (χ4v) is 9.73. The standard InChI is InChI=1S/C56H66Cl3N3O28/c1-25(63)61-40-36(79-29(5)67)21-55(54(74)75-10,89-46(40)43(82-32(8)70)37(80-30(6)68)22-76-27(3)65)90-47-44(87-51-41(62-26(2)64)45(83-33(9)71)42(81-31(7)69)38(84-51)23-77-28(4)66)39(24-78-49(72)34-17-13-11-14-18-34)85-52(88-53(60)56(57,58)59)48(47)86-50(73)35-19-15-12-16-20-35/h11-20,36-48,51-52,60H,21-24H2,1-10H3,(H,61,63)(H,62,64)/t36-,37+,38+,39+,40+,41+,42-,43+,44-,45+,46+,47-,48+,51-,52?,55-/m0/s1. The Morgan fingerprint density at radius 2 is 1.08 bits per heavy atom. The minimum atomic E-state index is -3.32. The molecule has 494 valence electrons. The molecular formula is C56H66Cl3N3O28. The molecule has 1 unspecified atom stereocenters. The number of benzene rings is 2. The molecule has 3 saturated heterocycles. The van der Waals surface area contributed by atoms with Crippen molar-refractivity contribution < 1.29 is 133 Å². The molecule has 31 nitrogen and oxygen atoms in total. The molecule has 16 atom stereocenters. The van der Waals surface area contributed by atoms with Gasteiger partial charge in [-0.25, -0.2) is 14.4 Å². The van der Waals surface area contributed by atoms with Crippen molar-refractivity contribution in [3.63, 3.8) is 0 Å². The van der Waals surface area contributed by atoms with Gasteiger partial charge in [0.2, 0.25) is 24.0 Å². The number of hydrogen-bond acceptors (Lipinski definition) is 29. The molecule has 0 aliphatic carbocycles. The minimum Gasteiger partial charge on any atom is -0.465 e. The molecule has 90 heavy (non-hydrogen) atoms. The van der Waals surface area contributed by atoms with Crippen molar-refractivity contribution in [2.45, 2.75) is 170 Å². The summed E-state index contributed by atoms with van der Waals surface area (Å²) in [7, 11) is 0.801. The molecule has 2 aromatic carbocycles. The molecule has 3 aliphatic rings. The summed E-state index contributed by atoms with van der Waals surface area (Å²) < 4.78 is 92.4. The summed E-state index contributed by atoms with van der Waals surface area (Å²) in [6, 6.07) is 10.5. The summed E-state index contributed by atoms with van der Waals surface area (Å²) in [5.74, 6) is -17.7. The third-order valence-corrected chi connectivity index (χ3v) is 13.4. The van der Waals surface area contributed by atoms with Gasteiger partial charge in [0.05, 0.1) is 30.7 Å². The maximum absolute atomic E-state index is 15.2. The number of methoxy groups -OCH3 is 1. The van der Waals surface area contributed by atoms with Crippen LogP contribution in [0.25, 0.3) is 0 Å². The lowest BCUT2D eigenvalue weighted by Gasteiger charge is -2.53. The Hall–Kier alpha value is -7.78. The van der Waals surface area contributed by atoms with Gasteiger partial charge in [0.15, 0.2) is 36.8 Å². The van der Waals surface area contributed by atoms with E-state index in [1.54, 1.807) is 6.07 Å². The van der Waals surface area contributed by atoms with Crippen LogP contribution in [0, 0.1) is 5.41 Å². The number of ether oxygens (including phenoxy) is 16. The first-order valence-corrected chi connectivity index (χ1v) is 28.2. The van der Waals surface area contributed by atoms with Crippen LogP contribution in [0.1, 0.15) is 89.5 Å². The molecule has 34 heteroatoms. The lowest BCUT2D eigenvalue weighted by atomic mass is 9.87.